The highest BCUT2D eigenvalue weighted by Crippen LogP contribution is 2.25. The first kappa shape index (κ1) is 12.4. The van der Waals surface area contributed by atoms with Crippen LogP contribution in [0, 0.1) is 6.92 Å². The second-order valence-corrected chi connectivity index (χ2v) is 4.60. The maximum absolute atomic E-state index is 12.1. The van der Waals surface area contributed by atoms with E-state index in [1.807, 2.05) is 55.6 Å². The van der Waals surface area contributed by atoms with Gasteiger partial charge in [-0.3, -0.25) is 4.40 Å². The van der Waals surface area contributed by atoms with E-state index in [0.717, 1.165) is 16.8 Å². The van der Waals surface area contributed by atoms with Gasteiger partial charge < -0.3 is 4.74 Å². The van der Waals surface area contributed by atoms with E-state index >= 15 is 0 Å². The number of carbonyl (C=O) groups excluding carboxylic acids is 1. The molecule has 1 aromatic carbocycles. The van der Waals surface area contributed by atoms with Crippen molar-refractivity contribution in [2.24, 2.45) is 0 Å². The summed E-state index contributed by atoms with van der Waals surface area (Å²) in [7, 11) is 1.38. The summed E-state index contributed by atoms with van der Waals surface area (Å²) in [4.78, 5) is 16.6. The summed E-state index contributed by atoms with van der Waals surface area (Å²) in [6.45, 7) is 2.02. The van der Waals surface area contributed by atoms with E-state index in [1.165, 1.54) is 7.11 Å². The van der Waals surface area contributed by atoms with Crippen LogP contribution in [0.1, 0.15) is 16.1 Å². The fourth-order valence-corrected chi connectivity index (χ4v) is 2.20. The molecule has 20 heavy (non-hydrogen) atoms. The lowest BCUT2D eigenvalue weighted by Crippen LogP contribution is -2.06. The minimum atomic E-state index is -0.390. The number of carbonyl (C=O) groups is 1. The third kappa shape index (κ3) is 1.95. The SMILES string of the molecule is COC(=O)c1c(-c2ccc(C)cc2)nc2ccccn12. The van der Waals surface area contributed by atoms with E-state index in [2.05, 4.69) is 4.98 Å². The third-order valence-corrected chi connectivity index (χ3v) is 3.23. The summed E-state index contributed by atoms with van der Waals surface area (Å²) in [5, 5.41) is 0. The molecule has 4 heteroatoms. The first-order valence-electron chi connectivity index (χ1n) is 6.33. The smallest absolute Gasteiger partial charge is 0.357 e. The number of benzene rings is 1. The summed E-state index contributed by atoms with van der Waals surface area (Å²) in [5.41, 5.74) is 3.88. The van der Waals surface area contributed by atoms with Gasteiger partial charge in [-0.05, 0) is 19.1 Å². The van der Waals surface area contributed by atoms with Crippen molar-refractivity contribution in [3.63, 3.8) is 0 Å². The van der Waals surface area contributed by atoms with Gasteiger partial charge in [-0.25, -0.2) is 9.78 Å². The molecule has 0 aliphatic heterocycles. The van der Waals surface area contributed by atoms with Gasteiger partial charge in [0.2, 0.25) is 0 Å². The highest BCUT2D eigenvalue weighted by Gasteiger charge is 2.20. The number of rotatable bonds is 2. The average Bonchev–Trinajstić information content (AvgIpc) is 2.86. The molecule has 3 aromatic rings. The molecule has 0 aliphatic carbocycles. The normalized spacial score (nSPS) is 10.7. The van der Waals surface area contributed by atoms with Gasteiger partial charge in [0.1, 0.15) is 11.3 Å². The molecule has 2 aromatic heterocycles. The molecule has 4 nitrogen and oxygen atoms in total. The van der Waals surface area contributed by atoms with Crippen LogP contribution in [0.5, 0.6) is 0 Å². The first-order valence-corrected chi connectivity index (χ1v) is 6.33. The number of fused-ring (bicyclic) bond motifs is 1. The molecular weight excluding hydrogens is 252 g/mol. The van der Waals surface area contributed by atoms with Gasteiger partial charge in [0.25, 0.3) is 0 Å². The Morgan fingerprint density at radius 3 is 2.60 bits per heavy atom. The largest absolute Gasteiger partial charge is 0.464 e. The number of ether oxygens (including phenoxy) is 1. The maximum atomic E-state index is 12.1. The lowest BCUT2D eigenvalue weighted by atomic mass is 10.1. The van der Waals surface area contributed by atoms with Crippen molar-refractivity contribution < 1.29 is 9.53 Å². The van der Waals surface area contributed by atoms with Gasteiger partial charge in [-0.15, -0.1) is 0 Å². The molecule has 0 saturated heterocycles. The molecule has 0 bridgehead atoms. The molecule has 0 fully saturated rings. The van der Waals surface area contributed by atoms with Crippen LogP contribution >= 0.6 is 0 Å². The van der Waals surface area contributed by atoms with Crippen molar-refractivity contribution in [2.45, 2.75) is 6.92 Å². The highest BCUT2D eigenvalue weighted by atomic mass is 16.5. The van der Waals surface area contributed by atoms with Crippen molar-refractivity contribution in [1.82, 2.24) is 9.38 Å². The van der Waals surface area contributed by atoms with Crippen molar-refractivity contribution in [3.05, 3.63) is 59.9 Å². The maximum Gasteiger partial charge on any atom is 0.357 e. The predicted molar refractivity (Wildman–Crippen MR) is 76.7 cm³/mol. The van der Waals surface area contributed by atoms with Crippen LogP contribution in [0.3, 0.4) is 0 Å². The minimum Gasteiger partial charge on any atom is -0.464 e. The number of pyridine rings is 1. The summed E-state index contributed by atoms with van der Waals surface area (Å²) in [6.07, 6.45) is 1.81. The van der Waals surface area contributed by atoms with Crippen LogP contribution in [0.2, 0.25) is 0 Å². The Labute approximate surface area is 116 Å². The summed E-state index contributed by atoms with van der Waals surface area (Å²) in [6, 6.07) is 13.5. The molecule has 0 unspecified atom stereocenters. The van der Waals surface area contributed by atoms with E-state index < -0.39 is 0 Å². The van der Waals surface area contributed by atoms with Gasteiger partial charge in [-0.2, -0.15) is 0 Å². The lowest BCUT2D eigenvalue weighted by Gasteiger charge is -2.03. The molecule has 0 aliphatic rings. The number of esters is 1. The quantitative estimate of drug-likeness (QED) is 0.669. The zero-order valence-electron chi connectivity index (χ0n) is 11.3. The van der Waals surface area contributed by atoms with Crippen LogP contribution in [-0.2, 0) is 4.74 Å². The van der Waals surface area contributed by atoms with Crippen molar-refractivity contribution in [3.8, 4) is 11.3 Å². The first-order chi connectivity index (χ1) is 9.70. The molecule has 0 atom stereocenters. The molecule has 0 radical (unpaired) electrons. The Morgan fingerprint density at radius 1 is 1.15 bits per heavy atom. The molecule has 0 spiro atoms. The Kier molecular flexibility index (Phi) is 2.99. The Hall–Kier alpha value is -2.62. The van der Waals surface area contributed by atoms with E-state index in [-0.39, 0.29) is 5.97 Å². The molecule has 0 saturated carbocycles. The molecule has 3 rings (SSSR count). The zero-order chi connectivity index (χ0) is 14.1. The summed E-state index contributed by atoms with van der Waals surface area (Å²) < 4.78 is 6.64. The molecule has 100 valence electrons. The topological polar surface area (TPSA) is 43.6 Å². The number of hydrogen-bond acceptors (Lipinski definition) is 3. The van der Waals surface area contributed by atoms with Crippen LogP contribution in [0.15, 0.2) is 48.7 Å². The highest BCUT2D eigenvalue weighted by molar-refractivity contribution is 5.96. The van der Waals surface area contributed by atoms with E-state index in [4.69, 9.17) is 4.74 Å². The fraction of sp³-hybridized carbons (Fsp3) is 0.125. The molecule has 2 heterocycles. The number of nitrogens with zero attached hydrogens (tertiary/aromatic N) is 2. The van der Waals surface area contributed by atoms with Gasteiger partial charge in [-0.1, -0.05) is 35.9 Å². The Morgan fingerprint density at radius 2 is 1.90 bits per heavy atom. The average molecular weight is 266 g/mol. The van der Waals surface area contributed by atoms with Crippen LogP contribution in [0.25, 0.3) is 16.9 Å². The van der Waals surface area contributed by atoms with Crippen molar-refractivity contribution >= 4 is 11.6 Å². The zero-order valence-corrected chi connectivity index (χ0v) is 11.3. The van der Waals surface area contributed by atoms with Gasteiger partial charge in [0, 0.05) is 11.8 Å². The van der Waals surface area contributed by atoms with Crippen LogP contribution in [0.4, 0.5) is 0 Å². The number of aryl methyl sites for hydroxylation is 1. The number of hydrogen-bond donors (Lipinski definition) is 0. The fourth-order valence-electron chi connectivity index (χ4n) is 2.20. The second kappa shape index (κ2) is 4.81. The summed E-state index contributed by atoms with van der Waals surface area (Å²) >= 11 is 0. The third-order valence-electron chi connectivity index (χ3n) is 3.23. The van der Waals surface area contributed by atoms with E-state index in [1.54, 1.807) is 4.40 Å². The van der Waals surface area contributed by atoms with E-state index in [0.29, 0.717) is 11.4 Å². The Balaban J connectivity index is 2.29. The van der Waals surface area contributed by atoms with Crippen molar-refractivity contribution in [2.75, 3.05) is 7.11 Å². The number of aromatic nitrogens is 2. The summed E-state index contributed by atoms with van der Waals surface area (Å²) in [5.74, 6) is -0.390. The van der Waals surface area contributed by atoms with Gasteiger partial charge in [0.05, 0.1) is 7.11 Å². The number of imidazole rings is 1. The predicted octanol–water partition coefficient (Wildman–Crippen LogP) is 3.10. The minimum absolute atomic E-state index is 0.390. The van der Waals surface area contributed by atoms with Crippen LogP contribution < -0.4 is 0 Å². The van der Waals surface area contributed by atoms with Crippen molar-refractivity contribution in [1.29, 1.82) is 0 Å². The molecule has 0 N–H and O–H groups in total. The number of methoxy groups -OCH3 is 1. The second-order valence-electron chi connectivity index (χ2n) is 4.60. The van der Waals surface area contributed by atoms with E-state index in [9.17, 15) is 4.79 Å². The Bertz CT molecular complexity index is 773. The van der Waals surface area contributed by atoms with Gasteiger partial charge in [0.15, 0.2) is 5.69 Å². The molecule has 0 amide bonds. The standard InChI is InChI=1S/C16H14N2O2/c1-11-6-8-12(9-7-11)14-15(16(19)20-2)18-10-4-3-5-13(18)17-14/h3-10H,1-2H3. The molecular formula is C16H14N2O2. The monoisotopic (exact) mass is 266 g/mol. The van der Waals surface area contributed by atoms with Crippen LogP contribution in [-0.4, -0.2) is 22.5 Å². The van der Waals surface area contributed by atoms with Gasteiger partial charge >= 0.3 is 5.97 Å². The lowest BCUT2D eigenvalue weighted by molar-refractivity contribution is 0.0594.